The average Bonchev–Trinajstić information content (AvgIpc) is 3.83. The maximum Gasteiger partial charge on any atom is 0.333 e. The number of likely N-dealkylation sites (N-methyl/N-ethyl adjacent to an activating group) is 1. The Labute approximate surface area is 452 Å². The largest absolute Gasteiger partial charge is 0.378 e. The molecule has 3 saturated heterocycles. The fourth-order valence-electron chi connectivity index (χ4n) is 11.0. The van der Waals surface area contributed by atoms with E-state index in [4.69, 9.17) is 15.4 Å². The van der Waals surface area contributed by atoms with Crippen molar-refractivity contribution in [2.75, 3.05) is 64.9 Å². The van der Waals surface area contributed by atoms with Gasteiger partial charge in [-0.15, -0.1) is 9.79 Å². The molecule has 3 unspecified atom stereocenters. The van der Waals surface area contributed by atoms with Gasteiger partial charge in [-0.25, -0.2) is 9.47 Å². The highest BCUT2D eigenvalue weighted by Gasteiger charge is 2.68. The van der Waals surface area contributed by atoms with Crippen LogP contribution in [0.15, 0.2) is 33.9 Å². The van der Waals surface area contributed by atoms with Crippen molar-refractivity contribution in [1.29, 1.82) is 0 Å². The zero-order valence-corrected chi connectivity index (χ0v) is 44.4. The Hall–Kier alpha value is -8.21. The van der Waals surface area contributed by atoms with E-state index in [9.17, 15) is 57.8 Å². The fourth-order valence-corrected chi connectivity index (χ4v) is 11.0. The maximum atomic E-state index is 15.2. The van der Waals surface area contributed by atoms with Crippen molar-refractivity contribution in [3.8, 4) is 0 Å². The number of fused-ring (bicyclic) bond motifs is 4. The van der Waals surface area contributed by atoms with Crippen LogP contribution in [0.25, 0.3) is 0 Å². The zero-order chi connectivity index (χ0) is 57.6. The summed E-state index contributed by atoms with van der Waals surface area (Å²) in [5.41, 5.74) is -5.19. The van der Waals surface area contributed by atoms with Gasteiger partial charge in [0.2, 0.25) is 29.4 Å². The third-order valence-corrected chi connectivity index (χ3v) is 14.9. The minimum atomic E-state index is -2.59. The number of carbonyl (C=O) groups is 11. The molecule has 2 aromatic heterocycles. The first-order valence-corrected chi connectivity index (χ1v) is 26.1. The van der Waals surface area contributed by atoms with Crippen LogP contribution in [0.1, 0.15) is 139 Å². The number of nitrogens with one attached hydrogen (secondary N) is 6. The van der Waals surface area contributed by atoms with Crippen LogP contribution in [0.3, 0.4) is 0 Å². The lowest BCUT2D eigenvalue weighted by Crippen LogP contribution is -2.86. The van der Waals surface area contributed by atoms with Crippen LogP contribution in [0.2, 0.25) is 0 Å². The molecule has 5 bridgehead atoms. The molecule has 3 fully saturated rings. The Kier molecular flexibility index (Phi) is 17.9. The molecule has 0 saturated carbocycles. The lowest BCUT2D eigenvalue weighted by Gasteiger charge is -2.62. The number of rotatable bonds is 13. The van der Waals surface area contributed by atoms with E-state index in [2.05, 4.69) is 31.9 Å². The summed E-state index contributed by atoms with van der Waals surface area (Å²) in [5.74, 6) is -8.38. The predicted molar refractivity (Wildman–Crippen MR) is 273 cm³/mol. The SMILES string of the molecule is CNC(=O)CC(=O)N1CCCCN2CCC3(CNC(=O)c4ccc5n(c4=O)N(C)C3(On3c(ccc(C(N)=O)c3=O)C(=O)NC[C@H](CCCCNC(=O)CCCC(=O)ON3C(=O)CCC3=O)NC5=O)C(C)(C)C1)NC(O)CC2=O. The zero-order valence-electron chi connectivity index (χ0n) is 44.4. The van der Waals surface area contributed by atoms with Crippen LogP contribution in [0, 0.1) is 5.41 Å². The summed E-state index contributed by atoms with van der Waals surface area (Å²) in [6, 6.07) is 3.49. The molecule has 0 radical (unpaired) electrons. The molecule has 7 heterocycles. The summed E-state index contributed by atoms with van der Waals surface area (Å²) in [4.78, 5) is 192. The summed E-state index contributed by atoms with van der Waals surface area (Å²) in [7, 11) is 2.66. The number of hydrogen-bond donors (Lipinski definition) is 8. The van der Waals surface area contributed by atoms with E-state index in [1.165, 1.54) is 30.0 Å². The minimum absolute atomic E-state index is 0.00475. The van der Waals surface area contributed by atoms with Crippen LogP contribution in [0.4, 0.5) is 0 Å². The lowest BCUT2D eigenvalue weighted by molar-refractivity contribution is -0.210. The van der Waals surface area contributed by atoms with Gasteiger partial charge in [0, 0.05) is 97.0 Å². The monoisotopic (exact) mass is 1110 g/mol. The molecule has 10 amide bonds. The molecule has 79 heavy (non-hydrogen) atoms. The van der Waals surface area contributed by atoms with Gasteiger partial charge in [-0.2, -0.15) is 0 Å². The van der Waals surface area contributed by atoms with Gasteiger partial charge < -0.3 is 56.9 Å². The highest BCUT2D eigenvalue weighted by Crippen LogP contribution is 2.46. The summed E-state index contributed by atoms with van der Waals surface area (Å²) in [6.45, 7) is 1.98. The molecule has 5 aliphatic heterocycles. The number of nitrogens with zero attached hydrogens (tertiary/aromatic N) is 6. The van der Waals surface area contributed by atoms with Crippen LogP contribution in [0.5, 0.6) is 0 Å². The third kappa shape index (κ3) is 12.3. The van der Waals surface area contributed by atoms with Crippen molar-refractivity contribution in [1.82, 2.24) is 56.2 Å². The van der Waals surface area contributed by atoms with Gasteiger partial charge in [-0.3, -0.25) is 67.9 Å². The number of carbonyl (C=O) groups excluding carboxylic acids is 11. The van der Waals surface area contributed by atoms with E-state index >= 15 is 9.59 Å². The quantitative estimate of drug-likeness (QED) is 0.0542. The number of hydrogen-bond acceptors (Lipinski definition) is 18. The van der Waals surface area contributed by atoms with E-state index in [1.807, 2.05) is 0 Å². The van der Waals surface area contributed by atoms with Crippen molar-refractivity contribution in [3.05, 3.63) is 67.5 Å². The number of amides is 10. The number of primary amides is 1. The van der Waals surface area contributed by atoms with E-state index < -0.39 is 154 Å². The topological polar surface area (TPSA) is 382 Å². The molecule has 29 heteroatoms. The van der Waals surface area contributed by atoms with Crippen LogP contribution in [-0.2, 0) is 38.4 Å². The number of aromatic nitrogens is 2. The molecule has 5 aliphatic rings. The Bertz CT molecular complexity index is 2920. The molecular formula is C50H67N13O16. The molecule has 0 aliphatic carbocycles. The van der Waals surface area contributed by atoms with Crippen LogP contribution in [-0.4, -0.2) is 178 Å². The number of aliphatic hydroxyl groups excluding tert-OH is 1. The van der Waals surface area contributed by atoms with Gasteiger partial charge in [0.05, 0.1) is 6.42 Å². The smallest absolute Gasteiger partial charge is 0.333 e. The van der Waals surface area contributed by atoms with Gasteiger partial charge in [0.15, 0.2) is 0 Å². The van der Waals surface area contributed by atoms with Gasteiger partial charge in [-0.1, -0.05) is 13.8 Å². The molecule has 7 rings (SSSR count). The molecule has 29 nitrogen and oxygen atoms in total. The van der Waals surface area contributed by atoms with Crippen molar-refractivity contribution in [3.63, 3.8) is 0 Å². The Balaban J connectivity index is 1.32. The van der Waals surface area contributed by atoms with E-state index in [1.54, 1.807) is 13.8 Å². The number of unbranched alkanes of at least 4 members (excludes halogenated alkanes) is 1. The summed E-state index contributed by atoms with van der Waals surface area (Å²) in [6.07, 6.45) is -2.17. The molecule has 428 valence electrons. The lowest BCUT2D eigenvalue weighted by atomic mass is 9.66. The van der Waals surface area contributed by atoms with Crippen molar-refractivity contribution in [2.45, 2.75) is 121 Å². The first-order chi connectivity index (χ1) is 37.4. The van der Waals surface area contributed by atoms with Crippen molar-refractivity contribution >= 4 is 65.0 Å². The summed E-state index contributed by atoms with van der Waals surface area (Å²) < 4.78 is 1.36. The number of imide groups is 1. The van der Waals surface area contributed by atoms with Crippen LogP contribution >= 0.6 is 0 Å². The van der Waals surface area contributed by atoms with E-state index in [0.717, 1.165) is 27.9 Å². The first kappa shape index (κ1) is 58.5. The predicted octanol–water partition coefficient (Wildman–Crippen LogP) is -3.80. The second-order valence-electron chi connectivity index (χ2n) is 20.7. The second kappa shape index (κ2) is 24.2. The number of hydroxylamine groups is 2. The Morgan fingerprint density at radius 3 is 2.24 bits per heavy atom. The fraction of sp³-hybridized carbons (Fsp3) is 0.580. The van der Waals surface area contributed by atoms with E-state index in [0.29, 0.717) is 35.5 Å². The Morgan fingerprint density at radius 1 is 0.823 bits per heavy atom. The molecular weight excluding hydrogens is 1040 g/mol. The molecule has 0 aromatic carbocycles. The summed E-state index contributed by atoms with van der Waals surface area (Å²) >= 11 is 0. The normalized spacial score (nSPS) is 23.6. The van der Waals surface area contributed by atoms with Gasteiger partial charge in [-0.05, 0) is 69.2 Å². The van der Waals surface area contributed by atoms with Crippen molar-refractivity contribution in [2.24, 2.45) is 11.1 Å². The van der Waals surface area contributed by atoms with Gasteiger partial charge >= 0.3 is 5.97 Å². The minimum Gasteiger partial charge on any atom is -0.378 e. The van der Waals surface area contributed by atoms with E-state index in [-0.39, 0.29) is 77.7 Å². The van der Waals surface area contributed by atoms with Crippen molar-refractivity contribution < 1.29 is 67.5 Å². The van der Waals surface area contributed by atoms with Gasteiger partial charge in [0.1, 0.15) is 40.7 Å². The highest BCUT2D eigenvalue weighted by atomic mass is 16.7. The third-order valence-electron chi connectivity index (χ3n) is 14.9. The number of nitrogens with two attached hydrogens (primary N) is 1. The standard InChI is InChI=1S/C50H67N13O16/c1-48(2)28-60(40(70)24-35(65)52-3)22-8-7-21-59-23-19-49(57-36(66)25-39(59)69)27-55-43(73)31-14-15-32-45(75)56-29(10-5-6-20-53-34(64)11-9-12-41(71)78-63-37(67)17-18-38(63)68)26-54-44(74)33-16-13-30(42(51)72)47(77)62(33)79-50(48,49)58(4)61(32)46(31)76/h13-16,29,36,57,66H,5-12,17-28H2,1-4H3,(H2,51,72)(H,52,65)(H,53,64)(H,54,74)(H,55,73)(H,56,75)/t29-,36?,49?,50?/m0/s1. The Morgan fingerprint density at radius 2 is 1.53 bits per heavy atom. The summed E-state index contributed by atoms with van der Waals surface area (Å²) in [5, 5.41) is 30.3. The maximum absolute atomic E-state index is 15.2. The molecule has 2 aromatic rings. The molecule has 4 atom stereocenters. The second-order valence-corrected chi connectivity index (χ2v) is 20.7. The first-order valence-electron chi connectivity index (χ1n) is 26.1. The average molecular weight is 1110 g/mol. The number of aliphatic hydroxyl groups is 1. The molecule has 9 N–H and O–H groups in total. The number of pyridine rings is 2. The van der Waals surface area contributed by atoms with Crippen LogP contribution < -0.4 is 58.6 Å². The highest BCUT2D eigenvalue weighted by molar-refractivity contribution is 6.02. The molecule has 2 spiro atoms. The van der Waals surface area contributed by atoms with Gasteiger partial charge in [0.25, 0.3) is 46.6 Å².